The van der Waals surface area contributed by atoms with Gasteiger partial charge in [-0.3, -0.25) is 4.90 Å². The molecule has 1 aliphatic heterocycles. The standard InChI is InChI=1S/C30H30FNO3/c1-33-25-14-16-26-22(21-25)9-15-28(27-7-3-4-8-29(27)31)30(26)35-24-12-10-23(11-13-24)34-20-19-32-17-5-2-6-18-32/h3-4,7-16,21H,2,5-6,17-20H2,1H3. The predicted octanol–water partition coefficient (Wildman–Crippen LogP) is 7.31. The number of ether oxygens (including phenoxy) is 3. The Kier molecular flexibility index (Phi) is 7.15. The van der Waals surface area contributed by atoms with Gasteiger partial charge in [0.25, 0.3) is 0 Å². The smallest absolute Gasteiger partial charge is 0.143 e. The number of halogens is 1. The molecule has 0 radical (unpaired) electrons. The summed E-state index contributed by atoms with van der Waals surface area (Å²) in [5.74, 6) is 2.55. The second kappa shape index (κ2) is 10.8. The van der Waals surface area contributed by atoms with Gasteiger partial charge in [0, 0.05) is 23.1 Å². The molecular weight excluding hydrogens is 441 g/mol. The number of likely N-dealkylation sites (tertiary alicyclic amines) is 1. The van der Waals surface area contributed by atoms with E-state index in [2.05, 4.69) is 4.90 Å². The topological polar surface area (TPSA) is 30.9 Å². The van der Waals surface area contributed by atoms with Gasteiger partial charge in [0.15, 0.2) is 0 Å². The summed E-state index contributed by atoms with van der Waals surface area (Å²) >= 11 is 0. The third-order valence-electron chi connectivity index (χ3n) is 6.51. The Hall–Kier alpha value is -3.57. The number of methoxy groups -OCH3 is 1. The minimum absolute atomic E-state index is 0.289. The molecule has 0 aliphatic carbocycles. The Morgan fingerprint density at radius 3 is 2.29 bits per heavy atom. The summed E-state index contributed by atoms with van der Waals surface area (Å²) in [7, 11) is 1.64. The molecule has 1 saturated heterocycles. The first-order chi connectivity index (χ1) is 17.2. The molecule has 180 valence electrons. The van der Waals surface area contributed by atoms with Crippen LogP contribution in [-0.2, 0) is 0 Å². The van der Waals surface area contributed by atoms with Crippen LogP contribution in [0.2, 0.25) is 0 Å². The molecular formula is C30H30FNO3. The number of nitrogens with zero attached hydrogens (tertiary/aromatic N) is 1. The van der Waals surface area contributed by atoms with Gasteiger partial charge in [-0.2, -0.15) is 0 Å². The molecule has 0 N–H and O–H groups in total. The van der Waals surface area contributed by atoms with Crippen molar-refractivity contribution in [1.82, 2.24) is 4.90 Å². The van der Waals surface area contributed by atoms with Crippen molar-refractivity contribution in [2.24, 2.45) is 0 Å². The van der Waals surface area contributed by atoms with Crippen LogP contribution in [0.3, 0.4) is 0 Å². The molecule has 0 saturated carbocycles. The van der Waals surface area contributed by atoms with Gasteiger partial charge in [-0.05, 0) is 85.9 Å². The first-order valence-corrected chi connectivity index (χ1v) is 12.2. The number of fused-ring (bicyclic) bond motifs is 1. The minimum Gasteiger partial charge on any atom is -0.497 e. The molecule has 0 aromatic heterocycles. The maximum absolute atomic E-state index is 14.7. The lowest BCUT2D eigenvalue weighted by Crippen LogP contribution is -2.33. The third-order valence-corrected chi connectivity index (χ3v) is 6.51. The number of piperidine rings is 1. The third kappa shape index (κ3) is 5.41. The van der Waals surface area contributed by atoms with Crippen molar-refractivity contribution in [2.45, 2.75) is 19.3 Å². The summed E-state index contributed by atoms with van der Waals surface area (Å²) in [5, 5.41) is 1.84. The molecule has 0 spiro atoms. The van der Waals surface area contributed by atoms with Crippen LogP contribution < -0.4 is 14.2 Å². The van der Waals surface area contributed by atoms with E-state index < -0.39 is 0 Å². The van der Waals surface area contributed by atoms with Crippen molar-refractivity contribution in [1.29, 1.82) is 0 Å². The van der Waals surface area contributed by atoms with E-state index in [0.29, 0.717) is 29.2 Å². The molecule has 4 nitrogen and oxygen atoms in total. The molecule has 1 fully saturated rings. The van der Waals surface area contributed by atoms with Crippen molar-refractivity contribution in [3.8, 4) is 34.1 Å². The fraction of sp³-hybridized carbons (Fsp3) is 0.267. The number of hydrogen-bond donors (Lipinski definition) is 0. The molecule has 1 aliphatic rings. The maximum atomic E-state index is 14.7. The average molecular weight is 472 g/mol. The highest BCUT2D eigenvalue weighted by Crippen LogP contribution is 2.41. The Labute approximate surface area is 205 Å². The van der Waals surface area contributed by atoms with E-state index in [9.17, 15) is 4.39 Å². The monoisotopic (exact) mass is 471 g/mol. The van der Waals surface area contributed by atoms with Crippen molar-refractivity contribution >= 4 is 10.8 Å². The zero-order valence-corrected chi connectivity index (χ0v) is 20.0. The van der Waals surface area contributed by atoms with Crippen LogP contribution in [-0.4, -0.2) is 38.3 Å². The molecule has 4 aromatic rings. The van der Waals surface area contributed by atoms with Crippen LogP contribution in [0.1, 0.15) is 19.3 Å². The molecule has 0 amide bonds. The molecule has 5 rings (SSSR count). The molecule has 1 heterocycles. The van der Waals surface area contributed by atoms with Crippen molar-refractivity contribution in [3.63, 3.8) is 0 Å². The maximum Gasteiger partial charge on any atom is 0.143 e. The zero-order valence-electron chi connectivity index (χ0n) is 20.0. The minimum atomic E-state index is -0.289. The van der Waals surface area contributed by atoms with Gasteiger partial charge in [-0.15, -0.1) is 0 Å². The quantitative estimate of drug-likeness (QED) is 0.270. The lowest BCUT2D eigenvalue weighted by atomic mass is 9.99. The van der Waals surface area contributed by atoms with E-state index in [-0.39, 0.29) is 5.82 Å². The number of hydrogen-bond acceptors (Lipinski definition) is 4. The SMILES string of the molecule is COc1ccc2c(Oc3ccc(OCCN4CCCCC4)cc3)c(-c3ccccc3F)ccc2c1. The second-order valence-corrected chi connectivity index (χ2v) is 8.83. The normalized spacial score (nSPS) is 14.1. The van der Waals surface area contributed by atoms with Crippen LogP contribution in [0, 0.1) is 5.82 Å². The van der Waals surface area contributed by atoms with Gasteiger partial charge in [0.2, 0.25) is 0 Å². The predicted molar refractivity (Wildman–Crippen MR) is 138 cm³/mol. The van der Waals surface area contributed by atoms with E-state index in [0.717, 1.165) is 41.9 Å². The highest BCUT2D eigenvalue weighted by atomic mass is 19.1. The second-order valence-electron chi connectivity index (χ2n) is 8.83. The first-order valence-electron chi connectivity index (χ1n) is 12.2. The lowest BCUT2D eigenvalue weighted by Gasteiger charge is -2.26. The van der Waals surface area contributed by atoms with Gasteiger partial charge in [0.1, 0.15) is 35.4 Å². The lowest BCUT2D eigenvalue weighted by molar-refractivity contribution is 0.183. The fourth-order valence-corrected chi connectivity index (χ4v) is 4.61. The Morgan fingerprint density at radius 1 is 0.771 bits per heavy atom. The molecule has 0 atom stereocenters. The summed E-state index contributed by atoms with van der Waals surface area (Å²) in [6, 6.07) is 24.0. The summed E-state index contributed by atoms with van der Waals surface area (Å²) in [5.41, 5.74) is 1.19. The average Bonchev–Trinajstić information content (AvgIpc) is 2.90. The van der Waals surface area contributed by atoms with Crippen LogP contribution >= 0.6 is 0 Å². The van der Waals surface area contributed by atoms with E-state index in [1.54, 1.807) is 19.2 Å². The highest BCUT2D eigenvalue weighted by molar-refractivity contribution is 5.96. The number of rotatable bonds is 8. The van der Waals surface area contributed by atoms with Crippen LogP contribution in [0.4, 0.5) is 4.39 Å². The first kappa shape index (κ1) is 23.2. The summed E-state index contributed by atoms with van der Waals surface area (Å²) < 4.78 is 32.5. The van der Waals surface area contributed by atoms with Gasteiger partial charge in [-0.25, -0.2) is 4.39 Å². The van der Waals surface area contributed by atoms with Crippen molar-refractivity contribution in [2.75, 3.05) is 33.4 Å². The molecule has 4 aromatic carbocycles. The van der Waals surface area contributed by atoms with E-state index in [1.165, 1.54) is 25.3 Å². The number of benzene rings is 4. The summed E-state index contributed by atoms with van der Waals surface area (Å²) in [6.45, 7) is 3.95. The highest BCUT2D eigenvalue weighted by Gasteiger charge is 2.16. The largest absolute Gasteiger partial charge is 0.497 e. The van der Waals surface area contributed by atoms with Crippen LogP contribution in [0.15, 0.2) is 78.9 Å². The Bertz CT molecular complexity index is 1280. The summed E-state index contributed by atoms with van der Waals surface area (Å²) in [6.07, 6.45) is 3.89. The fourth-order valence-electron chi connectivity index (χ4n) is 4.61. The van der Waals surface area contributed by atoms with Gasteiger partial charge < -0.3 is 14.2 Å². The van der Waals surface area contributed by atoms with Crippen molar-refractivity contribution in [3.05, 3.63) is 84.7 Å². The van der Waals surface area contributed by atoms with Gasteiger partial charge in [-0.1, -0.05) is 30.7 Å². The Morgan fingerprint density at radius 2 is 1.51 bits per heavy atom. The molecule has 0 unspecified atom stereocenters. The molecule has 5 heteroatoms. The summed E-state index contributed by atoms with van der Waals surface area (Å²) in [4.78, 5) is 2.46. The van der Waals surface area contributed by atoms with Gasteiger partial charge in [0.05, 0.1) is 7.11 Å². The van der Waals surface area contributed by atoms with E-state index in [1.807, 2.05) is 60.7 Å². The van der Waals surface area contributed by atoms with Crippen molar-refractivity contribution < 1.29 is 18.6 Å². The van der Waals surface area contributed by atoms with Gasteiger partial charge >= 0.3 is 0 Å². The van der Waals surface area contributed by atoms with E-state index >= 15 is 0 Å². The van der Waals surface area contributed by atoms with E-state index in [4.69, 9.17) is 14.2 Å². The zero-order chi connectivity index (χ0) is 24.0. The van der Waals surface area contributed by atoms with Crippen LogP contribution in [0.25, 0.3) is 21.9 Å². The van der Waals surface area contributed by atoms with Crippen LogP contribution in [0.5, 0.6) is 23.0 Å². The molecule has 0 bridgehead atoms. The molecule has 35 heavy (non-hydrogen) atoms. The Balaban J connectivity index is 1.39.